The van der Waals surface area contributed by atoms with Gasteiger partial charge in [-0.25, -0.2) is 4.98 Å². The predicted octanol–water partition coefficient (Wildman–Crippen LogP) is 9.90. The van der Waals surface area contributed by atoms with Crippen molar-refractivity contribution in [2.45, 2.75) is 27.7 Å². The topological polar surface area (TPSA) is 150 Å². The first-order chi connectivity index (χ1) is 31.8. The van der Waals surface area contributed by atoms with Crippen LogP contribution in [0, 0.1) is 39.5 Å². The number of aromatic hydroxyl groups is 4. The number of thiazole rings is 1. The van der Waals surface area contributed by atoms with E-state index in [2.05, 4.69) is 33.3 Å². The molecule has 0 atom stereocenters. The van der Waals surface area contributed by atoms with Gasteiger partial charge in [0, 0.05) is 33.9 Å². The van der Waals surface area contributed by atoms with Crippen molar-refractivity contribution in [3.05, 3.63) is 193 Å². The number of carbonyl (C=O) groups is 1. The SMILES string of the molecule is Cc1ccc(N(c2ccc(C)cc2)c2ncc(C#Cc3cc(O)c(C4=C(O)C(=c5c(O)cc(=C=C=C6C=NC(=[N+](c7ccc(C)cc7)c7ccc(C)cc7)S6)cc5O)C4=O)c(O)c3)s2)cc1. The third-order valence-corrected chi connectivity index (χ3v) is 12.6. The summed E-state index contributed by atoms with van der Waals surface area (Å²) in [6.45, 7) is 8.11. The maximum absolute atomic E-state index is 13.6. The number of carbonyl (C=O) groups excluding carboxylic acids is 1. The van der Waals surface area contributed by atoms with Crippen molar-refractivity contribution >= 4 is 85.0 Å². The van der Waals surface area contributed by atoms with Gasteiger partial charge in [0.15, 0.2) is 11.3 Å². The minimum atomic E-state index is -0.811. The van der Waals surface area contributed by atoms with Gasteiger partial charge in [0.25, 0.3) is 0 Å². The summed E-state index contributed by atoms with van der Waals surface area (Å²) >= 11 is 2.74. The van der Waals surface area contributed by atoms with Gasteiger partial charge in [-0.2, -0.15) is 4.58 Å². The Labute approximate surface area is 388 Å². The number of phenols is 4. The Bertz CT molecular complexity index is 3370. The van der Waals surface area contributed by atoms with Crippen LogP contribution in [0.2, 0.25) is 0 Å². The highest BCUT2D eigenvalue weighted by Crippen LogP contribution is 2.45. The van der Waals surface area contributed by atoms with Gasteiger partial charge in [0.2, 0.25) is 5.78 Å². The smallest absolute Gasteiger partial charge is 0.370 e. The molecule has 9 rings (SSSR count). The zero-order chi connectivity index (χ0) is 46.2. The van der Waals surface area contributed by atoms with Crippen LogP contribution in [0.15, 0.2) is 149 Å². The fourth-order valence-corrected chi connectivity index (χ4v) is 9.00. The van der Waals surface area contributed by atoms with E-state index < -0.39 is 34.5 Å². The molecule has 12 heteroatoms. The van der Waals surface area contributed by atoms with Crippen LogP contribution in [-0.4, -0.2) is 47.7 Å². The lowest BCUT2D eigenvalue weighted by atomic mass is 9.81. The molecule has 0 saturated heterocycles. The molecule has 10 nitrogen and oxygen atoms in total. The molecule has 2 heterocycles. The molecule has 0 spiro atoms. The standard InChI is InChI=1S/C54H38N4O6S2/c1-31-5-15-37(16-6-31)57(38-17-7-32(2)8-18-38)53-55-29-41(65-53)23-13-35-25-43(59)47(44(60)26-35)49-51(63)50(52(49)64)48-45(61)27-36(28-46(48)62)14-24-42-30-56-54(66-42)58(39-19-9-33(3)10-20-39)40-21-11-34(4)12-22-40/h5-12,15-22,25-30H,1-4H3,(H4,59,60,61,62,63,64)/p+1. The molecular weight excluding hydrogens is 865 g/mol. The minimum Gasteiger partial charge on any atom is -0.507 e. The van der Waals surface area contributed by atoms with E-state index in [9.17, 15) is 30.3 Å². The monoisotopic (exact) mass is 903 g/mol. The number of hydrogen-bond acceptors (Lipinski definition) is 10. The van der Waals surface area contributed by atoms with Crippen molar-refractivity contribution in [2.24, 2.45) is 4.99 Å². The maximum atomic E-state index is 13.6. The van der Waals surface area contributed by atoms with E-state index in [1.165, 1.54) is 47.4 Å². The number of benzene rings is 6. The second kappa shape index (κ2) is 17.7. The number of aliphatic hydroxyl groups is 1. The molecule has 6 aromatic carbocycles. The van der Waals surface area contributed by atoms with Crippen LogP contribution in [-0.2, 0) is 4.79 Å². The van der Waals surface area contributed by atoms with Crippen molar-refractivity contribution in [1.82, 2.24) is 9.56 Å². The number of amidine groups is 1. The molecule has 0 bridgehead atoms. The van der Waals surface area contributed by atoms with Crippen LogP contribution >= 0.6 is 23.1 Å². The summed E-state index contributed by atoms with van der Waals surface area (Å²) in [5.41, 5.74) is 13.4. The summed E-state index contributed by atoms with van der Waals surface area (Å²) in [6, 6.07) is 37.6. The van der Waals surface area contributed by atoms with Crippen LogP contribution in [0.5, 0.6) is 23.0 Å². The fourth-order valence-electron chi connectivity index (χ4n) is 7.38. The van der Waals surface area contributed by atoms with Crippen LogP contribution in [0.25, 0.3) is 16.9 Å². The molecule has 66 heavy (non-hydrogen) atoms. The Morgan fingerprint density at radius 2 is 1.12 bits per heavy atom. The molecule has 0 fully saturated rings. The molecule has 0 radical (unpaired) electrons. The van der Waals surface area contributed by atoms with E-state index in [-0.39, 0.29) is 32.7 Å². The van der Waals surface area contributed by atoms with Gasteiger partial charge >= 0.3 is 5.17 Å². The number of rotatable bonds is 6. The van der Waals surface area contributed by atoms with E-state index >= 15 is 0 Å². The zero-order valence-electron chi connectivity index (χ0n) is 36.0. The average Bonchev–Trinajstić information content (AvgIpc) is 3.97. The number of thioether (sulfide) groups is 1. The molecule has 1 aromatic heterocycles. The van der Waals surface area contributed by atoms with Crippen molar-refractivity contribution in [3.8, 4) is 34.8 Å². The number of Topliss-reactive ketones (excluding diaryl/α,β-unsaturated/α-hetero) is 1. The highest BCUT2D eigenvalue weighted by Gasteiger charge is 2.39. The van der Waals surface area contributed by atoms with E-state index in [1.54, 1.807) is 12.4 Å². The van der Waals surface area contributed by atoms with Crippen LogP contribution in [0.4, 0.5) is 27.9 Å². The molecule has 1 aliphatic heterocycles. The Kier molecular flexibility index (Phi) is 11.5. The lowest BCUT2D eigenvalue weighted by Crippen LogP contribution is -2.28. The van der Waals surface area contributed by atoms with Gasteiger partial charge in [-0.15, -0.1) is 0 Å². The number of hydrogen-bond donors (Lipinski definition) is 5. The summed E-state index contributed by atoms with van der Waals surface area (Å²) in [7, 11) is 0. The maximum Gasteiger partial charge on any atom is 0.370 e. The first kappa shape index (κ1) is 43.0. The molecule has 0 unspecified atom stereocenters. The van der Waals surface area contributed by atoms with Crippen LogP contribution in [0.1, 0.15) is 38.3 Å². The van der Waals surface area contributed by atoms with E-state index in [4.69, 9.17) is 0 Å². The van der Waals surface area contributed by atoms with E-state index in [0.29, 0.717) is 20.1 Å². The van der Waals surface area contributed by atoms with Crippen molar-refractivity contribution in [3.63, 3.8) is 0 Å². The van der Waals surface area contributed by atoms with E-state index in [0.717, 1.165) is 45.0 Å². The van der Waals surface area contributed by atoms with Crippen molar-refractivity contribution in [2.75, 3.05) is 4.90 Å². The van der Waals surface area contributed by atoms with Gasteiger partial charge in [-0.05, 0) is 117 Å². The Hall–Kier alpha value is -8.29. The zero-order valence-corrected chi connectivity index (χ0v) is 37.6. The number of nitrogens with zero attached hydrogens (tertiary/aromatic N) is 4. The quantitative estimate of drug-likeness (QED) is 0.0625. The molecule has 5 N–H and O–H groups in total. The highest BCUT2D eigenvalue weighted by atomic mass is 32.2. The molecule has 0 amide bonds. The predicted molar refractivity (Wildman–Crippen MR) is 264 cm³/mol. The van der Waals surface area contributed by atoms with Crippen molar-refractivity contribution in [1.29, 1.82) is 0 Å². The Morgan fingerprint density at radius 1 is 0.606 bits per heavy atom. The van der Waals surface area contributed by atoms with Gasteiger partial charge in [-0.3, -0.25) is 9.69 Å². The Balaban J connectivity index is 0.990. The number of aliphatic imine (C=N–C) groups is 1. The number of ketones is 1. The van der Waals surface area contributed by atoms with Crippen LogP contribution < -0.4 is 19.9 Å². The van der Waals surface area contributed by atoms with E-state index in [1.807, 2.05) is 134 Å². The lowest BCUT2D eigenvalue weighted by Gasteiger charge is -2.23. The fraction of sp³-hybridized carbons (Fsp3) is 0.0741. The number of aryl methyl sites for hydroxylation is 4. The summed E-state index contributed by atoms with van der Waals surface area (Å²) in [6.07, 6.45) is 3.30. The van der Waals surface area contributed by atoms with Gasteiger partial charge in [0.1, 0.15) is 45.0 Å². The number of phenolic OH excluding ortho intramolecular Hbond substituents is 4. The molecule has 0 saturated carbocycles. The molecule has 322 valence electrons. The lowest BCUT2D eigenvalue weighted by molar-refractivity contribution is -0.110. The largest absolute Gasteiger partial charge is 0.507 e. The average molecular weight is 904 g/mol. The first-order valence-electron chi connectivity index (χ1n) is 20.6. The molecule has 7 aromatic rings. The van der Waals surface area contributed by atoms with Gasteiger partial charge < -0.3 is 25.5 Å². The second-order valence-corrected chi connectivity index (χ2v) is 17.8. The number of allylic oxidation sites excluding steroid dienone is 3. The molecule has 1 aliphatic carbocycles. The summed E-state index contributed by atoms with van der Waals surface area (Å²) < 4.78 is 2.04. The summed E-state index contributed by atoms with van der Waals surface area (Å²) in [4.78, 5) is 26.2. The number of aliphatic hydroxyl groups excluding tert-OH is 1. The summed E-state index contributed by atoms with van der Waals surface area (Å²) in [5, 5.41) is 56.7. The minimum absolute atomic E-state index is 0.241. The molecular formula is C54H39N4O6S2+. The van der Waals surface area contributed by atoms with Crippen molar-refractivity contribution < 1.29 is 30.3 Å². The highest BCUT2D eigenvalue weighted by molar-refractivity contribution is 8.18. The molecule has 2 aliphatic rings. The third kappa shape index (κ3) is 8.54. The van der Waals surface area contributed by atoms with Crippen LogP contribution in [0.3, 0.4) is 0 Å². The second-order valence-electron chi connectivity index (χ2n) is 15.7. The Morgan fingerprint density at radius 3 is 1.64 bits per heavy atom. The number of anilines is 3. The number of aromatic nitrogens is 1. The normalized spacial score (nSPS) is 13.0. The first-order valence-corrected chi connectivity index (χ1v) is 22.2. The third-order valence-electron chi connectivity index (χ3n) is 10.8. The van der Waals surface area contributed by atoms with Gasteiger partial charge in [-0.1, -0.05) is 93.8 Å². The van der Waals surface area contributed by atoms with Gasteiger partial charge in [0.05, 0.1) is 33.0 Å². The summed E-state index contributed by atoms with van der Waals surface area (Å²) in [5.74, 6) is 2.53.